The molecule has 98 valence electrons. The largest absolute Gasteiger partial charge is 0.495 e. The average Bonchev–Trinajstić information content (AvgIpc) is 2.38. The SMILES string of the molecule is CCN(CC)C(=O)/C=C/c1ccc(OC)c(N)c1. The number of benzene rings is 1. The van der Waals surface area contributed by atoms with Crippen LogP contribution in [0, 0.1) is 0 Å². The summed E-state index contributed by atoms with van der Waals surface area (Å²) in [5.74, 6) is 0.650. The molecule has 0 atom stereocenters. The molecule has 0 fully saturated rings. The van der Waals surface area contributed by atoms with Gasteiger partial charge in [-0.25, -0.2) is 0 Å². The maximum Gasteiger partial charge on any atom is 0.246 e. The van der Waals surface area contributed by atoms with Crippen molar-refractivity contribution in [2.75, 3.05) is 25.9 Å². The molecular weight excluding hydrogens is 228 g/mol. The van der Waals surface area contributed by atoms with Gasteiger partial charge in [0.1, 0.15) is 5.75 Å². The molecule has 0 spiro atoms. The minimum absolute atomic E-state index is 0.00869. The second kappa shape index (κ2) is 6.69. The van der Waals surface area contributed by atoms with E-state index < -0.39 is 0 Å². The lowest BCUT2D eigenvalue weighted by molar-refractivity contribution is -0.125. The van der Waals surface area contributed by atoms with Crippen LogP contribution in [0.2, 0.25) is 0 Å². The number of anilines is 1. The van der Waals surface area contributed by atoms with E-state index in [4.69, 9.17) is 10.5 Å². The van der Waals surface area contributed by atoms with Gasteiger partial charge in [-0.1, -0.05) is 6.07 Å². The molecule has 0 radical (unpaired) electrons. The molecule has 2 N–H and O–H groups in total. The number of nitrogens with zero attached hydrogens (tertiary/aromatic N) is 1. The minimum Gasteiger partial charge on any atom is -0.495 e. The molecule has 1 amide bonds. The predicted molar refractivity (Wildman–Crippen MR) is 74.4 cm³/mol. The summed E-state index contributed by atoms with van der Waals surface area (Å²) in [6.45, 7) is 5.34. The van der Waals surface area contributed by atoms with Gasteiger partial charge in [0.2, 0.25) is 5.91 Å². The monoisotopic (exact) mass is 248 g/mol. The lowest BCUT2D eigenvalue weighted by Gasteiger charge is -2.15. The minimum atomic E-state index is 0.00869. The van der Waals surface area contributed by atoms with Gasteiger partial charge < -0.3 is 15.4 Å². The van der Waals surface area contributed by atoms with Crippen LogP contribution in [0.15, 0.2) is 24.3 Å². The highest BCUT2D eigenvalue weighted by atomic mass is 16.5. The molecule has 1 aromatic rings. The van der Waals surface area contributed by atoms with Crippen LogP contribution in [0.1, 0.15) is 19.4 Å². The Kier molecular flexibility index (Phi) is 5.24. The Balaban J connectivity index is 2.78. The first-order valence-corrected chi connectivity index (χ1v) is 6.02. The van der Waals surface area contributed by atoms with Gasteiger partial charge in [0, 0.05) is 19.2 Å². The number of carbonyl (C=O) groups is 1. The number of carbonyl (C=O) groups excluding carboxylic acids is 1. The molecule has 0 aliphatic carbocycles. The first kappa shape index (κ1) is 14.1. The first-order chi connectivity index (χ1) is 8.62. The van der Waals surface area contributed by atoms with E-state index in [-0.39, 0.29) is 5.91 Å². The summed E-state index contributed by atoms with van der Waals surface area (Å²) in [6, 6.07) is 5.43. The summed E-state index contributed by atoms with van der Waals surface area (Å²) in [6.07, 6.45) is 3.32. The smallest absolute Gasteiger partial charge is 0.246 e. The standard InChI is InChI=1S/C14H20N2O2/c1-4-16(5-2)14(17)9-7-11-6-8-13(18-3)12(15)10-11/h6-10H,4-5,15H2,1-3H3/b9-7+. The van der Waals surface area contributed by atoms with Crippen molar-refractivity contribution in [2.24, 2.45) is 0 Å². The van der Waals surface area contributed by atoms with E-state index in [0.717, 1.165) is 5.56 Å². The second-order valence-corrected chi connectivity index (χ2v) is 3.85. The predicted octanol–water partition coefficient (Wildman–Crippen LogP) is 2.16. The lowest BCUT2D eigenvalue weighted by atomic mass is 10.1. The zero-order chi connectivity index (χ0) is 13.5. The van der Waals surface area contributed by atoms with Gasteiger partial charge in [0.05, 0.1) is 12.8 Å². The summed E-state index contributed by atoms with van der Waals surface area (Å²) in [4.78, 5) is 13.5. The molecule has 1 rings (SSSR count). The molecule has 0 bridgehead atoms. The number of nitrogen functional groups attached to an aromatic ring is 1. The van der Waals surface area contributed by atoms with Crippen molar-refractivity contribution in [2.45, 2.75) is 13.8 Å². The summed E-state index contributed by atoms with van der Waals surface area (Å²) in [5, 5.41) is 0. The Labute approximate surface area is 108 Å². The molecule has 0 aromatic heterocycles. The van der Waals surface area contributed by atoms with Crippen LogP contribution in [0.5, 0.6) is 5.75 Å². The Hall–Kier alpha value is -1.97. The van der Waals surface area contributed by atoms with Gasteiger partial charge in [-0.05, 0) is 37.6 Å². The number of rotatable bonds is 5. The summed E-state index contributed by atoms with van der Waals surface area (Å²) >= 11 is 0. The highest BCUT2D eigenvalue weighted by Crippen LogP contribution is 2.22. The van der Waals surface area contributed by atoms with Gasteiger partial charge in [-0.3, -0.25) is 4.79 Å². The first-order valence-electron chi connectivity index (χ1n) is 6.02. The molecule has 0 unspecified atom stereocenters. The molecule has 4 heteroatoms. The number of amides is 1. The Morgan fingerprint density at radius 2 is 2.06 bits per heavy atom. The number of likely N-dealkylation sites (N-methyl/N-ethyl adjacent to an activating group) is 1. The normalized spacial score (nSPS) is 10.6. The van der Waals surface area contributed by atoms with Crippen LogP contribution in [0.4, 0.5) is 5.69 Å². The van der Waals surface area contributed by atoms with Crippen molar-refractivity contribution in [1.82, 2.24) is 4.90 Å². The Morgan fingerprint density at radius 1 is 1.39 bits per heavy atom. The average molecular weight is 248 g/mol. The van der Waals surface area contributed by atoms with Crippen molar-refractivity contribution in [3.8, 4) is 5.75 Å². The maximum absolute atomic E-state index is 11.8. The molecule has 0 heterocycles. The third-order valence-corrected chi connectivity index (χ3v) is 2.75. The van der Waals surface area contributed by atoms with Crippen molar-refractivity contribution in [3.63, 3.8) is 0 Å². The summed E-state index contributed by atoms with van der Waals surface area (Å²) in [7, 11) is 1.57. The zero-order valence-corrected chi connectivity index (χ0v) is 11.1. The maximum atomic E-state index is 11.8. The topological polar surface area (TPSA) is 55.6 Å². The van der Waals surface area contributed by atoms with E-state index in [0.29, 0.717) is 24.5 Å². The van der Waals surface area contributed by atoms with Gasteiger partial charge in [0.25, 0.3) is 0 Å². The van der Waals surface area contributed by atoms with Gasteiger partial charge in [-0.2, -0.15) is 0 Å². The van der Waals surface area contributed by atoms with Crippen LogP contribution in [0.3, 0.4) is 0 Å². The molecule has 0 aliphatic heterocycles. The van der Waals surface area contributed by atoms with Gasteiger partial charge >= 0.3 is 0 Å². The van der Waals surface area contributed by atoms with Crippen LogP contribution in [0.25, 0.3) is 6.08 Å². The van der Waals surface area contributed by atoms with Gasteiger partial charge in [0.15, 0.2) is 0 Å². The van der Waals surface area contributed by atoms with Crippen LogP contribution < -0.4 is 10.5 Å². The van der Waals surface area contributed by atoms with E-state index in [1.807, 2.05) is 19.9 Å². The van der Waals surface area contributed by atoms with Crippen LogP contribution in [-0.4, -0.2) is 31.0 Å². The number of nitrogens with two attached hydrogens (primary N) is 1. The fraction of sp³-hybridized carbons (Fsp3) is 0.357. The van der Waals surface area contributed by atoms with E-state index in [9.17, 15) is 4.79 Å². The van der Waals surface area contributed by atoms with E-state index in [1.54, 1.807) is 36.3 Å². The number of hydrogen-bond acceptors (Lipinski definition) is 3. The Bertz CT molecular complexity index is 437. The summed E-state index contributed by atoms with van der Waals surface area (Å²) < 4.78 is 5.07. The zero-order valence-electron chi connectivity index (χ0n) is 11.1. The molecule has 1 aromatic carbocycles. The van der Waals surface area contributed by atoms with E-state index in [1.165, 1.54) is 0 Å². The molecule has 0 saturated carbocycles. The summed E-state index contributed by atoms with van der Waals surface area (Å²) in [5.41, 5.74) is 7.24. The van der Waals surface area contributed by atoms with Crippen LogP contribution in [-0.2, 0) is 4.79 Å². The molecule has 4 nitrogen and oxygen atoms in total. The van der Waals surface area contributed by atoms with Crippen molar-refractivity contribution in [1.29, 1.82) is 0 Å². The molecular formula is C14H20N2O2. The quantitative estimate of drug-likeness (QED) is 0.641. The lowest BCUT2D eigenvalue weighted by Crippen LogP contribution is -2.28. The molecule has 0 aliphatic rings. The fourth-order valence-electron chi connectivity index (χ4n) is 1.66. The number of hydrogen-bond donors (Lipinski definition) is 1. The van der Waals surface area contributed by atoms with Gasteiger partial charge in [-0.15, -0.1) is 0 Å². The van der Waals surface area contributed by atoms with Crippen LogP contribution >= 0.6 is 0 Å². The number of methoxy groups -OCH3 is 1. The van der Waals surface area contributed by atoms with Crippen molar-refractivity contribution >= 4 is 17.7 Å². The van der Waals surface area contributed by atoms with Crippen molar-refractivity contribution in [3.05, 3.63) is 29.8 Å². The van der Waals surface area contributed by atoms with Crippen molar-refractivity contribution < 1.29 is 9.53 Å². The molecule has 18 heavy (non-hydrogen) atoms. The number of ether oxygens (including phenoxy) is 1. The third kappa shape index (κ3) is 3.52. The highest BCUT2D eigenvalue weighted by molar-refractivity contribution is 5.91. The van der Waals surface area contributed by atoms with E-state index in [2.05, 4.69) is 0 Å². The second-order valence-electron chi connectivity index (χ2n) is 3.85. The van der Waals surface area contributed by atoms with E-state index >= 15 is 0 Å². The third-order valence-electron chi connectivity index (χ3n) is 2.75. The molecule has 0 saturated heterocycles. The Morgan fingerprint density at radius 3 is 2.56 bits per heavy atom. The highest BCUT2D eigenvalue weighted by Gasteiger charge is 2.05. The fourth-order valence-corrected chi connectivity index (χ4v) is 1.66.